The first-order chi connectivity index (χ1) is 15.1. The Kier molecular flexibility index (Phi) is 6.18. The number of pyridine rings is 1. The van der Waals surface area contributed by atoms with Crippen molar-refractivity contribution in [3.63, 3.8) is 0 Å². The summed E-state index contributed by atoms with van der Waals surface area (Å²) in [4.78, 5) is 24.7. The highest BCUT2D eigenvalue weighted by Gasteiger charge is 2.25. The van der Waals surface area contributed by atoms with Crippen LogP contribution in [0.4, 0.5) is 0 Å². The SMILES string of the molecule is CN(CCc1ccccn1)C(=O)c1nc2c(s1)CCOc1cc(C(C=N)C=N)ccc1-2. The lowest BCUT2D eigenvalue weighted by molar-refractivity contribution is 0.0796. The Morgan fingerprint density at radius 1 is 1.29 bits per heavy atom. The van der Waals surface area contributed by atoms with Gasteiger partial charge >= 0.3 is 0 Å². The van der Waals surface area contributed by atoms with Gasteiger partial charge in [-0.1, -0.05) is 12.1 Å². The summed E-state index contributed by atoms with van der Waals surface area (Å²) >= 11 is 1.42. The van der Waals surface area contributed by atoms with Gasteiger partial charge in [0.15, 0.2) is 5.01 Å². The molecule has 1 amide bonds. The third-order valence-corrected chi connectivity index (χ3v) is 6.35. The van der Waals surface area contributed by atoms with Gasteiger partial charge in [-0.2, -0.15) is 0 Å². The van der Waals surface area contributed by atoms with Crippen molar-refractivity contribution in [1.29, 1.82) is 10.8 Å². The molecule has 0 fully saturated rings. The van der Waals surface area contributed by atoms with Crippen LogP contribution in [0.25, 0.3) is 11.3 Å². The Hall–Kier alpha value is -3.39. The average molecular weight is 434 g/mol. The third-order valence-electron chi connectivity index (χ3n) is 5.25. The van der Waals surface area contributed by atoms with Gasteiger partial charge < -0.3 is 20.5 Å². The molecule has 2 aromatic heterocycles. The second kappa shape index (κ2) is 9.18. The van der Waals surface area contributed by atoms with E-state index >= 15 is 0 Å². The average Bonchev–Trinajstić information content (AvgIpc) is 3.15. The molecule has 0 bridgehead atoms. The number of aromatic nitrogens is 2. The summed E-state index contributed by atoms with van der Waals surface area (Å²) < 4.78 is 5.92. The predicted octanol–water partition coefficient (Wildman–Crippen LogP) is 3.84. The van der Waals surface area contributed by atoms with Gasteiger partial charge in [0.05, 0.1) is 18.2 Å². The lowest BCUT2D eigenvalue weighted by Crippen LogP contribution is -2.28. The summed E-state index contributed by atoms with van der Waals surface area (Å²) in [6.07, 6.45) is 5.59. The fourth-order valence-electron chi connectivity index (χ4n) is 3.47. The maximum absolute atomic E-state index is 13.0. The Morgan fingerprint density at radius 2 is 2.13 bits per heavy atom. The lowest BCUT2D eigenvalue weighted by atomic mass is 9.98. The van der Waals surface area contributed by atoms with Gasteiger partial charge in [-0.25, -0.2) is 4.98 Å². The molecule has 1 aliphatic rings. The van der Waals surface area contributed by atoms with E-state index < -0.39 is 0 Å². The molecule has 0 saturated carbocycles. The number of nitrogens with zero attached hydrogens (tertiary/aromatic N) is 3. The Balaban J connectivity index is 1.56. The van der Waals surface area contributed by atoms with Crippen LogP contribution in [0.2, 0.25) is 0 Å². The van der Waals surface area contributed by atoms with Crippen molar-refractivity contribution in [3.05, 3.63) is 63.7 Å². The van der Waals surface area contributed by atoms with Crippen molar-refractivity contribution in [1.82, 2.24) is 14.9 Å². The molecular weight excluding hydrogens is 410 g/mol. The molecule has 1 aliphatic heterocycles. The second-order valence-electron chi connectivity index (χ2n) is 7.30. The highest BCUT2D eigenvalue weighted by atomic mass is 32.1. The molecule has 2 N–H and O–H groups in total. The number of carbonyl (C=O) groups is 1. The van der Waals surface area contributed by atoms with Crippen molar-refractivity contribution in [2.45, 2.75) is 18.8 Å². The summed E-state index contributed by atoms with van der Waals surface area (Å²) in [6.45, 7) is 1.06. The van der Waals surface area contributed by atoms with E-state index in [1.54, 1.807) is 18.1 Å². The van der Waals surface area contributed by atoms with Gasteiger partial charge in [0.25, 0.3) is 5.91 Å². The molecule has 0 unspecified atom stereocenters. The number of carbonyl (C=O) groups excluding carboxylic acids is 1. The first kappa shape index (κ1) is 20.9. The van der Waals surface area contributed by atoms with Crippen LogP contribution >= 0.6 is 11.3 Å². The van der Waals surface area contributed by atoms with Crippen LogP contribution in [0.5, 0.6) is 5.75 Å². The highest BCUT2D eigenvalue weighted by Crippen LogP contribution is 2.39. The van der Waals surface area contributed by atoms with Crippen LogP contribution in [0.3, 0.4) is 0 Å². The van der Waals surface area contributed by atoms with Crippen LogP contribution in [0.15, 0.2) is 42.6 Å². The van der Waals surface area contributed by atoms with Gasteiger partial charge in [0.2, 0.25) is 0 Å². The van der Waals surface area contributed by atoms with Gasteiger partial charge in [-0.05, 0) is 29.8 Å². The van der Waals surface area contributed by atoms with Gasteiger partial charge in [-0.15, -0.1) is 11.3 Å². The minimum Gasteiger partial charge on any atom is -0.492 e. The van der Waals surface area contributed by atoms with Crippen molar-refractivity contribution < 1.29 is 9.53 Å². The summed E-state index contributed by atoms with van der Waals surface area (Å²) in [5, 5.41) is 15.5. The molecule has 0 saturated heterocycles. The largest absolute Gasteiger partial charge is 0.492 e. The number of likely N-dealkylation sites (N-methyl/N-ethyl adjacent to an activating group) is 1. The number of ether oxygens (including phenoxy) is 1. The molecule has 7 nitrogen and oxygen atoms in total. The molecule has 0 aliphatic carbocycles. The first-order valence-corrected chi connectivity index (χ1v) is 10.9. The third kappa shape index (κ3) is 4.39. The van der Waals surface area contributed by atoms with E-state index in [1.807, 2.05) is 36.4 Å². The zero-order valence-electron chi connectivity index (χ0n) is 17.2. The van der Waals surface area contributed by atoms with Crippen molar-refractivity contribution in [3.8, 4) is 17.0 Å². The molecule has 4 rings (SSSR count). The Bertz CT molecular complexity index is 1100. The normalized spacial score (nSPS) is 13.2. The molecule has 1 aromatic carbocycles. The van der Waals surface area contributed by atoms with Crippen LogP contribution in [0.1, 0.15) is 31.9 Å². The molecular formula is C23H23N5O2S. The van der Waals surface area contributed by atoms with E-state index in [-0.39, 0.29) is 11.8 Å². The predicted molar refractivity (Wildman–Crippen MR) is 122 cm³/mol. The lowest BCUT2D eigenvalue weighted by Gasteiger charge is -2.15. The molecule has 31 heavy (non-hydrogen) atoms. The van der Waals surface area contributed by atoms with E-state index in [9.17, 15) is 4.79 Å². The molecule has 158 valence electrons. The van der Waals surface area contributed by atoms with Crippen molar-refractivity contribution in [2.24, 2.45) is 0 Å². The number of hydrogen-bond donors (Lipinski definition) is 2. The summed E-state index contributed by atoms with van der Waals surface area (Å²) in [6, 6.07) is 11.4. The number of rotatable bonds is 7. The fraction of sp³-hybridized carbons (Fsp3) is 0.261. The number of nitrogens with one attached hydrogen (secondary N) is 2. The van der Waals surface area contributed by atoms with E-state index in [1.165, 1.54) is 23.8 Å². The molecule has 3 aromatic rings. The van der Waals surface area contributed by atoms with Crippen LogP contribution < -0.4 is 4.74 Å². The summed E-state index contributed by atoms with van der Waals surface area (Å²) in [5.74, 6) is 0.204. The molecule has 0 radical (unpaired) electrons. The number of amides is 1. The van der Waals surface area contributed by atoms with Crippen LogP contribution in [-0.2, 0) is 12.8 Å². The number of benzene rings is 1. The molecule has 0 atom stereocenters. The van der Waals surface area contributed by atoms with E-state index in [4.69, 9.17) is 15.6 Å². The second-order valence-corrected chi connectivity index (χ2v) is 8.39. The Morgan fingerprint density at radius 3 is 2.87 bits per heavy atom. The quantitative estimate of drug-likeness (QED) is 0.553. The molecule has 0 spiro atoms. The summed E-state index contributed by atoms with van der Waals surface area (Å²) in [5.41, 5.74) is 3.41. The zero-order chi connectivity index (χ0) is 21.8. The first-order valence-electron chi connectivity index (χ1n) is 10.0. The van der Waals surface area contributed by atoms with Gasteiger partial charge in [0, 0.05) is 61.2 Å². The van der Waals surface area contributed by atoms with Crippen molar-refractivity contribution >= 4 is 29.7 Å². The van der Waals surface area contributed by atoms with E-state index in [0.717, 1.165) is 27.4 Å². The smallest absolute Gasteiger partial charge is 0.282 e. The zero-order valence-corrected chi connectivity index (χ0v) is 18.0. The summed E-state index contributed by atoms with van der Waals surface area (Å²) in [7, 11) is 1.79. The fourth-order valence-corrected chi connectivity index (χ4v) is 4.52. The minimum atomic E-state index is -0.378. The monoisotopic (exact) mass is 433 g/mol. The highest BCUT2D eigenvalue weighted by molar-refractivity contribution is 7.14. The topological polar surface area (TPSA) is 103 Å². The van der Waals surface area contributed by atoms with E-state index in [0.29, 0.717) is 36.8 Å². The standard InChI is InChI=1S/C23H23N5O2S/c1-28(10-7-17-4-2-3-9-26-17)23(29)22-27-21-18-6-5-15(16(13-24)14-25)12-19(18)30-11-8-20(21)31-22/h2-6,9,12-14,16,24-25H,7-8,10-11H2,1H3. The van der Waals surface area contributed by atoms with Gasteiger partial charge in [0.1, 0.15) is 5.75 Å². The molecule has 8 heteroatoms. The maximum Gasteiger partial charge on any atom is 0.282 e. The van der Waals surface area contributed by atoms with E-state index in [2.05, 4.69) is 9.97 Å². The number of hydrogen-bond acceptors (Lipinski definition) is 7. The Labute approximate surface area is 184 Å². The minimum absolute atomic E-state index is 0.0965. The van der Waals surface area contributed by atoms with Crippen LogP contribution in [-0.4, -0.2) is 53.4 Å². The maximum atomic E-state index is 13.0. The van der Waals surface area contributed by atoms with Crippen LogP contribution in [0, 0.1) is 10.8 Å². The van der Waals surface area contributed by atoms with Crippen molar-refractivity contribution in [2.75, 3.05) is 20.2 Å². The van der Waals surface area contributed by atoms with Gasteiger partial charge in [-0.3, -0.25) is 9.78 Å². The molecule has 3 heterocycles. The number of thiazole rings is 1. The number of fused-ring (bicyclic) bond motifs is 3.